The molecule has 0 fully saturated rings. The van der Waals surface area contributed by atoms with Gasteiger partial charge in [-0.05, 0) is 50.6 Å². The molecule has 0 aromatic heterocycles. The molecule has 0 saturated carbocycles. The lowest BCUT2D eigenvalue weighted by Crippen LogP contribution is -2.44. The number of allylic oxidation sites excluding steroid dienone is 1. The first-order valence-corrected chi connectivity index (χ1v) is 9.24. The van der Waals surface area contributed by atoms with E-state index >= 15 is 0 Å². The van der Waals surface area contributed by atoms with Crippen molar-refractivity contribution >= 4 is 17.8 Å². The van der Waals surface area contributed by atoms with Gasteiger partial charge < -0.3 is 20.1 Å². The van der Waals surface area contributed by atoms with Crippen LogP contribution in [0.25, 0.3) is 0 Å². The van der Waals surface area contributed by atoms with E-state index in [1.807, 2.05) is 13.0 Å². The van der Waals surface area contributed by atoms with Crippen LogP contribution in [0.4, 0.5) is 4.79 Å². The number of rotatable bonds is 6. The number of esters is 1. The number of hydrogen-bond donors (Lipinski definition) is 2. The van der Waals surface area contributed by atoms with E-state index in [1.54, 1.807) is 49.4 Å². The Morgan fingerprint density at radius 1 is 1.07 bits per heavy atom. The maximum atomic E-state index is 12.4. The highest BCUT2D eigenvalue weighted by molar-refractivity contribution is 5.98. The molecule has 1 heterocycles. The van der Waals surface area contributed by atoms with Gasteiger partial charge in [-0.1, -0.05) is 24.3 Å². The number of carbonyl (C=O) groups excluding carboxylic acids is 3. The zero-order chi connectivity index (χ0) is 21.0. The van der Waals surface area contributed by atoms with Gasteiger partial charge in [-0.15, -0.1) is 0 Å². The number of benzene rings is 2. The van der Waals surface area contributed by atoms with Crippen LogP contribution >= 0.6 is 0 Å². The molecule has 0 saturated heterocycles. The molecule has 2 aromatic rings. The normalized spacial score (nSPS) is 16.0. The fraction of sp³-hybridized carbons (Fsp3) is 0.227. The molecule has 29 heavy (non-hydrogen) atoms. The van der Waals surface area contributed by atoms with Gasteiger partial charge in [-0.2, -0.15) is 0 Å². The lowest BCUT2D eigenvalue weighted by atomic mass is 9.93. The molecule has 2 N–H and O–H groups in total. The molecular weight excluding hydrogens is 372 g/mol. The van der Waals surface area contributed by atoms with Gasteiger partial charge in [-0.25, -0.2) is 9.59 Å². The largest absolute Gasteiger partial charge is 0.490 e. The van der Waals surface area contributed by atoms with E-state index in [-0.39, 0.29) is 11.5 Å². The number of hydrogen-bond acceptors (Lipinski definition) is 5. The van der Waals surface area contributed by atoms with Gasteiger partial charge in [-0.3, -0.25) is 4.79 Å². The van der Waals surface area contributed by atoms with E-state index in [1.165, 1.54) is 6.92 Å². The third-order valence-corrected chi connectivity index (χ3v) is 4.46. The Morgan fingerprint density at radius 2 is 1.79 bits per heavy atom. The highest BCUT2D eigenvalue weighted by atomic mass is 16.6. The Balaban J connectivity index is 1.95. The highest BCUT2D eigenvalue weighted by Gasteiger charge is 2.30. The topological polar surface area (TPSA) is 93.7 Å². The van der Waals surface area contributed by atoms with Crippen LogP contribution in [0.3, 0.4) is 0 Å². The van der Waals surface area contributed by atoms with E-state index in [0.717, 1.165) is 0 Å². The smallest absolute Gasteiger partial charge is 0.343 e. The second-order valence-corrected chi connectivity index (χ2v) is 6.52. The van der Waals surface area contributed by atoms with Crippen LogP contribution in [0.5, 0.6) is 11.5 Å². The molecule has 7 nitrogen and oxygen atoms in total. The predicted octanol–water partition coefficient (Wildman–Crippen LogP) is 3.52. The fourth-order valence-corrected chi connectivity index (χ4v) is 3.20. The summed E-state index contributed by atoms with van der Waals surface area (Å²) in [5, 5.41) is 5.37. The van der Waals surface area contributed by atoms with E-state index < -0.39 is 18.0 Å². The van der Waals surface area contributed by atoms with Gasteiger partial charge in [0.05, 0.1) is 18.2 Å². The molecule has 1 aliphatic rings. The minimum Gasteiger partial charge on any atom is -0.490 e. The van der Waals surface area contributed by atoms with Gasteiger partial charge in [0.15, 0.2) is 17.3 Å². The minimum atomic E-state index is -0.626. The van der Waals surface area contributed by atoms with Crippen molar-refractivity contribution in [1.29, 1.82) is 0 Å². The summed E-state index contributed by atoms with van der Waals surface area (Å²) in [6.45, 7) is 5.30. The highest BCUT2D eigenvalue weighted by Crippen LogP contribution is 2.35. The van der Waals surface area contributed by atoms with Gasteiger partial charge in [0.2, 0.25) is 0 Å². The first-order valence-electron chi connectivity index (χ1n) is 9.24. The van der Waals surface area contributed by atoms with Crippen molar-refractivity contribution in [3.63, 3.8) is 0 Å². The Kier molecular flexibility index (Phi) is 5.97. The average molecular weight is 394 g/mol. The molecule has 0 spiro atoms. The molecule has 0 radical (unpaired) electrons. The first kappa shape index (κ1) is 20.1. The lowest BCUT2D eigenvalue weighted by molar-refractivity contribution is -0.114. The van der Waals surface area contributed by atoms with Crippen LogP contribution in [-0.2, 0) is 4.79 Å². The second kappa shape index (κ2) is 8.60. The fourth-order valence-electron chi connectivity index (χ4n) is 3.20. The second-order valence-electron chi connectivity index (χ2n) is 6.52. The van der Waals surface area contributed by atoms with Crippen LogP contribution in [0.1, 0.15) is 42.7 Å². The van der Waals surface area contributed by atoms with Crippen LogP contribution in [-0.4, -0.2) is 24.4 Å². The van der Waals surface area contributed by atoms with E-state index in [0.29, 0.717) is 34.8 Å². The Labute approximate surface area is 168 Å². The Morgan fingerprint density at radius 3 is 2.45 bits per heavy atom. The Bertz CT molecular complexity index is 982. The maximum Gasteiger partial charge on any atom is 0.343 e. The monoisotopic (exact) mass is 394 g/mol. The van der Waals surface area contributed by atoms with Crippen molar-refractivity contribution in [2.24, 2.45) is 0 Å². The number of urea groups is 1. The molecule has 150 valence electrons. The molecule has 0 bridgehead atoms. The molecule has 1 atom stereocenters. The molecule has 7 heteroatoms. The minimum absolute atomic E-state index is 0.155. The van der Waals surface area contributed by atoms with Gasteiger partial charge in [0.1, 0.15) is 0 Å². The zero-order valence-electron chi connectivity index (χ0n) is 16.4. The zero-order valence-corrected chi connectivity index (χ0v) is 16.4. The predicted molar refractivity (Wildman–Crippen MR) is 107 cm³/mol. The summed E-state index contributed by atoms with van der Waals surface area (Å²) in [6.07, 6.45) is 0. The van der Waals surface area contributed by atoms with Crippen LogP contribution in [0.2, 0.25) is 0 Å². The number of ether oxygens (including phenoxy) is 2. The van der Waals surface area contributed by atoms with Crippen molar-refractivity contribution < 1.29 is 23.9 Å². The van der Waals surface area contributed by atoms with E-state index in [9.17, 15) is 14.4 Å². The first-order chi connectivity index (χ1) is 13.9. The third-order valence-electron chi connectivity index (χ3n) is 4.46. The number of ketones is 1. The molecule has 2 amide bonds. The number of amides is 2. The molecule has 2 aromatic carbocycles. The van der Waals surface area contributed by atoms with Crippen molar-refractivity contribution in [2.75, 3.05) is 6.61 Å². The van der Waals surface area contributed by atoms with E-state index in [2.05, 4.69) is 10.6 Å². The van der Waals surface area contributed by atoms with Crippen molar-refractivity contribution in [3.05, 3.63) is 70.9 Å². The quantitative estimate of drug-likeness (QED) is 0.578. The van der Waals surface area contributed by atoms with Gasteiger partial charge >= 0.3 is 12.0 Å². The van der Waals surface area contributed by atoms with Crippen LogP contribution in [0, 0.1) is 0 Å². The maximum absolute atomic E-state index is 12.4. The lowest BCUT2D eigenvalue weighted by Gasteiger charge is -2.28. The standard InChI is InChI=1S/C22H22N2O5/c1-4-28-18-12-16(20-19(14(3)25)13(2)23-22(27)24-20)10-11-17(18)29-21(26)15-8-6-5-7-9-15/h5-12,20H,4H2,1-3H3,(H2,23,24,27). The van der Waals surface area contributed by atoms with E-state index in [4.69, 9.17) is 9.47 Å². The number of carbonyl (C=O) groups is 3. The molecule has 3 rings (SSSR count). The van der Waals surface area contributed by atoms with Gasteiger partial charge in [0.25, 0.3) is 0 Å². The Hall–Kier alpha value is -3.61. The van der Waals surface area contributed by atoms with Crippen molar-refractivity contribution in [2.45, 2.75) is 26.8 Å². The van der Waals surface area contributed by atoms with Crippen LogP contribution < -0.4 is 20.1 Å². The summed E-state index contributed by atoms with van der Waals surface area (Å²) >= 11 is 0. The van der Waals surface area contributed by atoms with Gasteiger partial charge in [0, 0.05) is 11.3 Å². The summed E-state index contributed by atoms with van der Waals surface area (Å²) in [6, 6.07) is 12.6. The van der Waals surface area contributed by atoms with Crippen molar-refractivity contribution in [1.82, 2.24) is 10.6 Å². The molecule has 1 unspecified atom stereocenters. The summed E-state index contributed by atoms with van der Waals surface area (Å²) in [7, 11) is 0. The summed E-state index contributed by atoms with van der Waals surface area (Å²) in [5.41, 5.74) is 2.03. The summed E-state index contributed by atoms with van der Waals surface area (Å²) in [4.78, 5) is 36.5. The summed E-state index contributed by atoms with van der Waals surface area (Å²) in [5.74, 6) is -0.0513. The van der Waals surface area contributed by atoms with Crippen LogP contribution in [0.15, 0.2) is 59.8 Å². The number of Topliss-reactive ketones (excluding diaryl/α,β-unsaturated/α-hetero) is 1. The third kappa shape index (κ3) is 4.45. The summed E-state index contributed by atoms with van der Waals surface area (Å²) < 4.78 is 11.1. The molecule has 0 aliphatic carbocycles. The average Bonchev–Trinajstić information content (AvgIpc) is 2.69. The molecule has 1 aliphatic heterocycles. The van der Waals surface area contributed by atoms with Crippen molar-refractivity contribution in [3.8, 4) is 11.5 Å². The molecular formula is C22H22N2O5. The SMILES string of the molecule is CCOc1cc(C2NC(=O)NC(C)=C2C(C)=O)ccc1OC(=O)c1ccccc1. The number of nitrogens with one attached hydrogen (secondary N) is 2.